The monoisotopic (exact) mass is 639 g/mol. The maximum Gasteiger partial charge on any atom is 0.264 e. The van der Waals surface area contributed by atoms with Gasteiger partial charge in [0.25, 0.3) is 10.0 Å². The van der Waals surface area contributed by atoms with Crippen molar-refractivity contribution in [2.75, 3.05) is 10.8 Å². The first-order valence-corrected chi connectivity index (χ1v) is 17.3. The molecular weight excluding hydrogens is 595 g/mol. The number of anilines is 1. The Morgan fingerprint density at radius 3 is 1.87 bits per heavy atom. The number of carbonyl (C=O) groups excluding carboxylic acids is 2. The number of amides is 2. The molecule has 0 aromatic heterocycles. The van der Waals surface area contributed by atoms with Crippen molar-refractivity contribution in [3.05, 3.63) is 131 Å². The zero-order chi connectivity index (χ0) is 33.3. The summed E-state index contributed by atoms with van der Waals surface area (Å²) in [5.74, 6) is -0.508. The summed E-state index contributed by atoms with van der Waals surface area (Å²) in [4.78, 5) is 30.1. The number of carbonyl (C=O) groups is 2. The molecule has 0 fully saturated rings. The zero-order valence-corrected chi connectivity index (χ0v) is 28.2. The van der Waals surface area contributed by atoms with Crippen LogP contribution in [0.1, 0.15) is 62.3 Å². The molecule has 2 atom stereocenters. The van der Waals surface area contributed by atoms with Crippen LogP contribution >= 0.6 is 0 Å². The normalized spacial score (nSPS) is 12.7. The van der Waals surface area contributed by atoms with Crippen LogP contribution in [0.15, 0.2) is 114 Å². The van der Waals surface area contributed by atoms with Gasteiger partial charge >= 0.3 is 0 Å². The highest BCUT2D eigenvalue weighted by Crippen LogP contribution is 2.27. The first-order chi connectivity index (χ1) is 22.0. The van der Waals surface area contributed by atoms with Crippen LogP contribution < -0.4 is 9.62 Å². The van der Waals surface area contributed by atoms with E-state index in [-0.39, 0.29) is 35.7 Å². The topological polar surface area (TPSA) is 86.8 Å². The summed E-state index contributed by atoms with van der Waals surface area (Å²) in [6.45, 7) is 9.60. The standard InChI is InChI=1S/C38H45N3O4S/c1-6-30(5)39-38(43)36(25-31-13-9-7-10-14-31)40(26-32-15-11-8-12-16-32)37(42)27-41(34-21-19-33(20-22-34)28(2)3)46(44,45)35-23-17-29(4)18-24-35/h7-24,28,30,36H,6,25-27H2,1-5H3,(H,39,43)/t30-,36-/m0/s1. The molecule has 0 saturated heterocycles. The van der Waals surface area contributed by atoms with Gasteiger partial charge in [0.2, 0.25) is 11.8 Å². The molecule has 4 aromatic carbocycles. The maximum atomic E-state index is 14.6. The lowest BCUT2D eigenvalue weighted by Crippen LogP contribution is -2.54. The van der Waals surface area contributed by atoms with Crippen LogP contribution in [0.25, 0.3) is 0 Å². The summed E-state index contributed by atoms with van der Waals surface area (Å²) in [6, 6.07) is 31.9. The van der Waals surface area contributed by atoms with E-state index < -0.39 is 28.5 Å². The Morgan fingerprint density at radius 2 is 1.33 bits per heavy atom. The molecule has 1 N–H and O–H groups in total. The Morgan fingerprint density at radius 1 is 0.761 bits per heavy atom. The number of aryl methyl sites for hydroxylation is 1. The minimum Gasteiger partial charge on any atom is -0.352 e. The molecule has 0 unspecified atom stereocenters. The first-order valence-electron chi connectivity index (χ1n) is 15.9. The van der Waals surface area contributed by atoms with Crippen molar-refractivity contribution >= 4 is 27.5 Å². The van der Waals surface area contributed by atoms with Gasteiger partial charge in [-0.15, -0.1) is 0 Å². The van der Waals surface area contributed by atoms with Gasteiger partial charge in [0.1, 0.15) is 12.6 Å². The fraction of sp³-hybridized carbons (Fsp3) is 0.316. The molecule has 7 nitrogen and oxygen atoms in total. The largest absolute Gasteiger partial charge is 0.352 e. The number of hydrogen-bond donors (Lipinski definition) is 1. The number of benzene rings is 4. The van der Waals surface area contributed by atoms with Crippen LogP contribution in [0.3, 0.4) is 0 Å². The molecule has 2 amide bonds. The highest BCUT2D eigenvalue weighted by Gasteiger charge is 2.35. The molecule has 0 bridgehead atoms. The molecule has 0 spiro atoms. The summed E-state index contributed by atoms with van der Waals surface area (Å²) in [5, 5.41) is 3.07. The Balaban J connectivity index is 1.80. The molecule has 0 radical (unpaired) electrons. The molecule has 0 aliphatic rings. The quantitative estimate of drug-likeness (QED) is 0.163. The van der Waals surface area contributed by atoms with Gasteiger partial charge in [-0.3, -0.25) is 13.9 Å². The molecule has 46 heavy (non-hydrogen) atoms. The van der Waals surface area contributed by atoms with Gasteiger partial charge in [0.15, 0.2) is 0 Å². The smallest absolute Gasteiger partial charge is 0.264 e. The van der Waals surface area contributed by atoms with E-state index in [2.05, 4.69) is 19.2 Å². The van der Waals surface area contributed by atoms with Gasteiger partial charge in [-0.25, -0.2) is 8.42 Å². The fourth-order valence-corrected chi connectivity index (χ4v) is 6.58. The van der Waals surface area contributed by atoms with E-state index in [1.807, 2.05) is 93.6 Å². The minimum atomic E-state index is -4.15. The second-order valence-corrected chi connectivity index (χ2v) is 14.0. The van der Waals surface area contributed by atoms with Crippen LogP contribution in [-0.2, 0) is 32.6 Å². The molecule has 242 valence electrons. The van der Waals surface area contributed by atoms with Gasteiger partial charge in [-0.1, -0.05) is 111 Å². The van der Waals surface area contributed by atoms with E-state index in [1.165, 1.54) is 4.90 Å². The lowest BCUT2D eigenvalue weighted by molar-refractivity contribution is -0.140. The summed E-state index contributed by atoms with van der Waals surface area (Å²) in [7, 11) is -4.15. The third-order valence-electron chi connectivity index (χ3n) is 8.20. The second kappa shape index (κ2) is 15.7. The van der Waals surface area contributed by atoms with Crippen LogP contribution in [0.5, 0.6) is 0 Å². The lowest BCUT2D eigenvalue weighted by atomic mass is 10.0. The van der Waals surface area contributed by atoms with Crippen molar-refractivity contribution in [3.8, 4) is 0 Å². The highest BCUT2D eigenvalue weighted by atomic mass is 32.2. The van der Waals surface area contributed by atoms with Crippen LogP contribution in [0, 0.1) is 6.92 Å². The zero-order valence-electron chi connectivity index (χ0n) is 27.4. The number of nitrogens with zero attached hydrogens (tertiary/aromatic N) is 2. The van der Waals surface area contributed by atoms with Gasteiger partial charge in [-0.05, 0) is 67.1 Å². The Hall–Kier alpha value is -4.43. The molecule has 0 heterocycles. The van der Waals surface area contributed by atoms with Crippen LogP contribution in [0.4, 0.5) is 5.69 Å². The summed E-state index contributed by atoms with van der Waals surface area (Å²) in [6.07, 6.45) is 1.00. The Bertz CT molecular complexity index is 1670. The predicted octanol–water partition coefficient (Wildman–Crippen LogP) is 6.87. The molecule has 0 aliphatic carbocycles. The van der Waals surface area contributed by atoms with E-state index in [9.17, 15) is 18.0 Å². The average molecular weight is 640 g/mol. The lowest BCUT2D eigenvalue weighted by Gasteiger charge is -2.34. The molecule has 0 saturated carbocycles. The van der Waals surface area contributed by atoms with Gasteiger partial charge in [0, 0.05) is 19.0 Å². The minimum absolute atomic E-state index is 0.0868. The first kappa shape index (κ1) is 34.4. The SMILES string of the molecule is CC[C@H](C)NC(=O)[C@H](Cc1ccccc1)N(Cc1ccccc1)C(=O)CN(c1ccc(C(C)C)cc1)S(=O)(=O)c1ccc(C)cc1. The van der Waals surface area contributed by atoms with E-state index in [0.717, 1.165) is 33.0 Å². The van der Waals surface area contributed by atoms with E-state index in [0.29, 0.717) is 5.69 Å². The van der Waals surface area contributed by atoms with Crippen molar-refractivity contribution in [2.45, 2.75) is 76.9 Å². The van der Waals surface area contributed by atoms with Gasteiger partial charge in [-0.2, -0.15) is 0 Å². The van der Waals surface area contributed by atoms with Crippen molar-refractivity contribution in [2.24, 2.45) is 0 Å². The van der Waals surface area contributed by atoms with Gasteiger partial charge < -0.3 is 10.2 Å². The van der Waals surface area contributed by atoms with Crippen LogP contribution in [0.2, 0.25) is 0 Å². The van der Waals surface area contributed by atoms with Crippen molar-refractivity contribution in [1.29, 1.82) is 0 Å². The number of rotatable bonds is 14. The van der Waals surface area contributed by atoms with E-state index >= 15 is 0 Å². The molecular formula is C38H45N3O4S. The van der Waals surface area contributed by atoms with E-state index in [1.54, 1.807) is 36.4 Å². The molecule has 4 rings (SSSR count). The Labute approximate surface area is 274 Å². The third kappa shape index (κ3) is 8.85. The average Bonchev–Trinajstić information content (AvgIpc) is 3.06. The molecule has 4 aromatic rings. The number of sulfonamides is 1. The maximum absolute atomic E-state index is 14.6. The summed E-state index contributed by atoms with van der Waals surface area (Å²) >= 11 is 0. The van der Waals surface area contributed by atoms with Crippen molar-refractivity contribution in [3.63, 3.8) is 0 Å². The summed E-state index contributed by atoms with van der Waals surface area (Å²) in [5.41, 5.74) is 4.08. The molecule has 0 aliphatic heterocycles. The number of nitrogens with one attached hydrogen (secondary N) is 1. The second-order valence-electron chi connectivity index (χ2n) is 12.1. The fourth-order valence-electron chi connectivity index (χ4n) is 5.17. The van der Waals surface area contributed by atoms with Crippen molar-refractivity contribution in [1.82, 2.24) is 10.2 Å². The molecule has 8 heteroatoms. The Kier molecular flexibility index (Phi) is 11.8. The third-order valence-corrected chi connectivity index (χ3v) is 9.99. The highest BCUT2D eigenvalue weighted by molar-refractivity contribution is 7.92. The van der Waals surface area contributed by atoms with Crippen molar-refractivity contribution < 1.29 is 18.0 Å². The predicted molar refractivity (Wildman–Crippen MR) is 185 cm³/mol. The van der Waals surface area contributed by atoms with E-state index in [4.69, 9.17) is 0 Å². The number of hydrogen-bond acceptors (Lipinski definition) is 4. The van der Waals surface area contributed by atoms with Crippen LogP contribution in [-0.4, -0.2) is 43.8 Å². The summed E-state index contributed by atoms with van der Waals surface area (Å²) < 4.78 is 29.6. The van der Waals surface area contributed by atoms with Gasteiger partial charge in [0.05, 0.1) is 10.6 Å².